The van der Waals surface area contributed by atoms with Crippen LogP contribution in [0.15, 0.2) is 67.1 Å². The van der Waals surface area contributed by atoms with Gasteiger partial charge in [-0.2, -0.15) is 0 Å². The molecule has 0 N–H and O–H groups in total. The van der Waals surface area contributed by atoms with Gasteiger partial charge in [0.1, 0.15) is 12.3 Å². The highest BCUT2D eigenvalue weighted by molar-refractivity contribution is 5.99. The Hall–Kier alpha value is -3.87. The lowest BCUT2D eigenvalue weighted by Crippen LogP contribution is -2.67. The molecule has 4 aromatic rings. The van der Waals surface area contributed by atoms with Crippen molar-refractivity contribution in [1.29, 1.82) is 0 Å². The summed E-state index contributed by atoms with van der Waals surface area (Å²) < 4.78 is 6.20. The van der Waals surface area contributed by atoms with Gasteiger partial charge in [0.15, 0.2) is 5.82 Å². The molecule has 2 aliphatic heterocycles. The molecule has 7 rings (SSSR count). The first-order chi connectivity index (χ1) is 16.6. The number of aromatic nitrogens is 4. The van der Waals surface area contributed by atoms with Crippen LogP contribution in [0.25, 0.3) is 22.2 Å². The molecule has 1 saturated carbocycles. The van der Waals surface area contributed by atoms with Crippen LogP contribution in [0.5, 0.6) is 5.88 Å². The molecule has 0 radical (unpaired) electrons. The van der Waals surface area contributed by atoms with Gasteiger partial charge in [-0.05, 0) is 55.7 Å². The molecule has 3 fully saturated rings. The van der Waals surface area contributed by atoms with E-state index in [-0.39, 0.29) is 11.4 Å². The number of hydrogen-bond donors (Lipinski definition) is 0. The van der Waals surface area contributed by atoms with E-state index in [2.05, 4.69) is 26.0 Å². The minimum absolute atomic E-state index is 0.0839. The number of aryl methyl sites for hydroxylation is 1. The second-order valence-electron chi connectivity index (χ2n) is 9.32. The van der Waals surface area contributed by atoms with Crippen LogP contribution in [0.4, 0.5) is 0 Å². The molecule has 0 spiro atoms. The number of rotatable bonds is 5. The van der Waals surface area contributed by atoms with E-state index in [0.717, 1.165) is 35.7 Å². The highest BCUT2D eigenvalue weighted by Gasteiger charge is 2.55. The molecule has 1 amide bonds. The fourth-order valence-electron chi connectivity index (χ4n) is 5.32. The molecular weight excluding hydrogens is 426 g/mol. The molecule has 7 nitrogen and oxygen atoms in total. The van der Waals surface area contributed by atoms with Gasteiger partial charge in [-0.15, -0.1) is 0 Å². The van der Waals surface area contributed by atoms with E-state index in [1.54, 1.807) is 18.5 Å². The average molecular weight is 452 g/mol. The number of amides is 1. The van der Waals surface area contributed by atoms with Crippen molar-refractivity contribution in [2.24, 2.45) is 5.92 Å². The van der Waals surface area contributed by atoms with Gasteiger partial charge in [0.25, 0.3) is 5.91 Å². The van der Waals surface area contributed by atoms with Crippen LogP contribution in [0.1, 0.15) is 35.4 Å². The van der Waals surface area contributed by atoms with Crippen molar-refractivity contribution >= 4 is 16.7 Å². The van der Waals surface area contributed by atoms with Crippen molar-refractivity contribution in [3.8, 4) is 17.3 Å². The van der Waals surface area contributed by atoms with Gasteiger partial charge in [0.2, 0.25) is 5.88 Å². The first-order valence-corrected chi connectivity index (χ1v) is 11.7. The molecule has 1 aliphatic carbocycles. The zero-order valence-electron chi connectivity index (χ0n) is 19.0. The maximum absolute atomic E-state index is 13.9. The molecule has 5 heterocycles. The molecule has 0 unspecified atom stereocenters. The van der Waals surface area contributed by atoms with Gasteiger partial charge in [-0.1, -0.05) is 24.3 Å². The average Bonchev–Trinajstić information content (AvgIpc) is 2.87. The molecule has 1 aromatic carbocycles. The Morgan fingerprint density at radius 1 is 1.06 bits per heavy atom. The minimum atomic E-state index is -0.340. The van der Waals surface area contributed by atoms with Crippen molar-refractivity contribution in [2.75, 3.05) is 13.2 Å². The van der Waals surface area contributed by atoms with Gasteiger partial charge >= 0.3 is 0 Å². The van der Waals surface area contributed by atoms with E-state index in [1.807, 2.05) is 54.4 Å². The van der Waals surface area contributed by atoms with Crippen LogP contribution in [0, 0.1) is 12.8 Å². The summed E-state index contributed by atoms with van der Waals surface area (Å²) >= 11 is 0. The van der Waals surface area contributed by atoms with E-state index >= 15 is 0 Å². The van der Waals surface area contributed by atoms with Gasteiger partial charge in [0.05, 0.1) is 11.1 Å². The Morgan fingerprint density at radius 3 is 2.68 bits per heavy atom. The number of benzene rings is 1. The first-order valence-electron chi connectivity index (χ1n) is 11.7. The third-order valence-electron chi connectivity index (χ3n) is 7.05. The molecular formula is C27H25N5O2. The topological polar surface area (TPSA) is 81.1 Å². The summed E-state index contributed by atoms with van der Waals surface area (Å²) in [5, 5.41) is 2.16. The first kappa shape index (κ1) is 20.7. The molecule has 0 atom stereocenters. The number of nitrogens with zero attached hydrogens (tertiary/aromatic N) is 5. The Kier molecular flexibility index (Phi) is 4.98. The van der Waals surface area contributed by atoms with Crippen molar-refractivity contribution in [2.45, 2.75) is 31.7 Å². The van der Waals surface area contributed by atoms with Crippen LogP contribution >= 0.6 is 0 Å². The number of fused-ring (bicyclic) bond motifs is 3. The van der Waals surface area contributed by atoms with Crippen LogP contribution < -0.4 is 4.74 Å². The van der Waals surface area contributed by atoms with Gasteiger partial charge in [-0.25, -0.2) is 19.9 Å². The fourth-order valence-corrected chi connectivity index (χ4v) is 5.32. The predicted octanol–water partition coefficient (Wildman–Crippen LogP) is 4.47. The van der Waals surface area contributed by atoms with Gasteiger partial charge in [-0.3, -0.25) is 4.79 Å². The van der Waals surface area contributed by atoms with Crippen molar-refractivity contribution < 1.29 is 9.53 Å². The second-order valence-corrected chi connectivity index (χ2v) is 9.32. The summed E-state index contributed by atoms with van der Waals surface area (Å²) in [5.74, 6) is 1.65. The molecule has 34 heavy (non-hydrogen) atoms. The van der Waals surface area contributed by atoms with Crippen molar-refractivity contribution in [3.63, 3.8) is 0 Å². The number of hydrogen-bond acceptors (Lipinski definition) is 6. The lowest BCUT2D eigenvalue weighted by Gasteiger charge is -2.58. The Morgan fingerprint density at radius 2 is 1.85 bits per heavy atom. The monoisotopic (exact) mass is 451 g/mol. The predicted molar refractivity (Wildman–Crippen MR) is 128 cm³/mol. The summed E-state index contributed by atoms with van der Waals surface area (Å²) in [6.45, 7) is 3.01. The van der Waals surface area contributed by atoms with E-state index in [9.17, 15) is 4.79 Å². The molecule has 3 aliphatic rings. The minimum Gasteiger partial charge on any atom is -0.475 e. The maximum atomic E-state index is 13.9. The van der Waals surface area contributed by atoms with Crippen LogP contribution in [-0.2, 0) is 0 Å². The van der Waals surface area contributed by atoms with Gasteiger partial charge < -0.3 is 9.64 Å². The molecule has 2 saturated heterocycles. The van der Waals surface area contributed by atoms with E-state index in [4.69, 9.17) is 4.74 Å². The van der Waals surface area contributed by atoms with E-state index in [1.165, 1.54) is 0 Å². The third kappa shape index (κ3) is 3.57. The van der Waals surface area contributed by atoms with Crippen molar-refractivity contribution in [3.05, 3.63) is 78.5 Å². The Bertz CT molecular complexity index is 1370. The molecule has 170 valence electrons. The second kappa shape index (κ2) is 8.17. The zero-order valence-corrected chi connectivity index (χ0v) is 19.0. The largest absolute Gasteiger partial charge is 0.475 e. The summed E-state index contributed by atoms with van der Waals surface area (Å²) in [6.07, 6.45) is 8.08. The highest BCUT2D eigenvalue weighted by Crippen LogP contribution is 2.49. The number of ether oxygens (including phenoxy) is 1. The summed E-state index contributed by atoms with van der Waals surface area (Å²) in [4.78, 5) is 33.7. The Labute approximate surface area is 197 Å². The lowest BCUT2D eigenvalue weighted by molar-refractivity contribution is -0.0804. The lowest BCUT2D eigenvalue weighted by atomic mass is 9.63. The molecule has 3 aromatic heterocycles. The third-order valence-corrected chi connectivity index (χ3v) is 7.05. The van der Waals surface area contributed by atoms with E-state index < -0.39 is 0 Å². The standard InChI is InChI=1S/C27H25N5O2/c1-18-7-8-22(25-28-10-4-11-29-25)24(31-18)26(33)32-12-9-19-14-27(32,15-19)17-34-23-13-20-5-2-3-6-21(20)16-30-23/h2-8,10-11,13,16,19H,9,12,14-15,17H2,1H3. The van der Waals surface area contributed by atoms with E-state index in [0.29, 0.717) is 42.0 Å². The summed E-state index contributed by atoms with van der Waals surface area (Å²) in [5.41, 5.74) is 1.51. The molecule has 2 bridgehead atoms. The van der Waals surface area contributed by atoms with Crippen LogP contribution in [-0.4, -0.2) is 49.4 Å². The smallest absolute Gasteiger partial charge is 0.273 e. The molecule has 7 heteroatoms. The number of piperidine rings is 2. The normalized spacial score (nSPS) is 21.2. The number of pyridine rings is 2. The highest BCUT2D eigenvalue weighted by atomic mass is 16.5. The summed E-state index contributed by atoms with van der Waals surface area (Å²) in [7, 11) is 0. The van der Waals surface area contributed by atoms with Crippen LogP contribution in [0.3, 0.4) is 0 Å². The SMILES string of the molecule is Cc1ccc(-c2ncccn2)c(C(=O)N2CCC3CC2(COc2cc4ccccc4cn2)C3)n1. The fraction of sp³-hybridized carbons (Fsp3) is 0.296. The number of carbonyl (C=O) groups excluding carboxylic acids is 1. The van der Waals surface area contributed by atoms with Crippen molar-refractivity contribution in [1.82, 2.24) is 24.8 Å². The van der Waals surface area contributed by atoms with Gasteiger partial charge in [0, 0.05) is 42.3 Å². The zero-order chi connectivity index (χ0) is 23.1. The summed E-state index contributed by atoms with van der Waals surface area (Å²) in [6, 6.07) is 15.6. The number of carbonyl (C=O) groups is 1. The Balaban J connectivity index is 1.29. The van der Waals surface area contributed by atoms with Crippen LogP contribution in [0.2, 0.25) is 0 Å². The maximum Gasteiger partial charge on any atom is 0.273 e. The quantitative estimate of drug-likeness (QED) is 0.445.